The molecule has 3 N–H and O–H groups in total. The maximum Gasteiger partial charge on any atom is 0.243 e. The molecule has 0 saturated heterocycles. The fourth-order valence-corrected chi connectivity index (χ4v) is 4.24. The van der Waals surface area contributed by atoms with Gasteiger partial charge in [-0.05, 0) is 56.4 Å². The summed E-state index contributed by atoms with van der Waals surface area (Å²) in [7, 11) is -3.67. The third-order valence-electron chi connectivity index (χ3n) is 3.70. The molecule has 1 aliphatic carbocycles. The molecule has 0 amide bonds. The van der Waals surface area contributed by atoms with Gasteiger partial charge in [-0.3, -0.25) is 0 Å². The van der Waals surface area contributed by atoms with Gasteiger partial charge in [-0.25, -0.2) is 8.42 Å². The quantitative estimate of drug-likeness (QED) is 0.371. The first-order chi connectivity index (χ1) is 9.86. The van der Waals surface area contributed by atoms with Gasteiger partial charge in [-0.15, -0.1) is 0 Å². The molecule has 21 heavy (non-hydrogen) atoms. The van der Waals surface area contributed by atoms with E-state index in [0.717, 1.165) is 24.8 Å². The largest absolute Gasteiger partial charge is 0.409 e. The highest BCUT2D eigenvalue weighted by molar-refractivity contribution is 7.89. The number of amidine groups is 1. The molecule has 0 heterocycles. The second kappa shape index (κ2) is 6.03. The lowest BCUT2D eigenvalue weighted by Crippen LogP contribution is -2.42. The average molecular weight is 311 g/mol. The van der Waals surface area contributed by atoms with Crippen LogP contribution in [0.5, 0.6) is 0 Å². The minimum Gasteiger partial charge on any atom is -0.409 e. The van der Waals surface area contributed by atoms with Crippen LogP contribution in [-0.4, -0.2) is 36.4 Å². The third-order valence-corrected chi connectivity index (χ3v) is 5.72. The molecule has 116 valence electrons. The van der Waals surface area contributed by atoms with E-state index in [4.69, 9.17) is 10.9 Å². The van der Waals surface area contributed by atoms with Crippen molar-refractivity contribution in [2.75, 3.05) is 6.54 Å². The molecule has 7 heteroatoms. The van der Waals surface area contributed by atoms with Crippen LogP contribution >= 0.6 is 0 Å². The number of oxime groups is 1. The summed E-state index contributed by atoms with van der Waals surface area (Å²) in [5, 5.41) is 11.5. The van der Waals surface area contributed by atoms with Crippen molar-refractivity contribution >= 4 is 15.9 Å². The van der Waals surface area contributed by atoms with Crippen molar-refractivity contribution < 1.29 is 13.6 Å². The molecule has 0 unspecified atom stereocenters. The van der Waals surface area contributed by atoms with E-state index in [0.29, 0.717) is 0 Å². The number of hydrogen-bond donors (Lipinski definition) is 2. The van der Waals surface area contributed by atoms with Gasteiger partial charge in [-0.1, -0.05) is 11.2 Å². The molecule has 1 aromatic carbocycles. The van der Waals surface area contributed by atoms with Gasteiger partial charge in [-0.2, -0.15) is 4.31 Å². The number of benzene rings is 1. The lowest BCUT2D eigenvalue weighted by Gasteiger charge is -2.25. The molecule has 0 aliphatic heterocycles. The zero-order valence-corrected chi connectivity index (χ0v) is 13.1. The summed E-state index contributed by atoms with van der Waals surface area (Å²) < 4.78 is 26.8. The SMILES string of the molecule is CC(C)N(CC(N)=NO)S(=O)(=O)c1ccc2c(c1)CCC2. The summed E-state index contributed by atoms with van der Waals surface area (Å²) in [4.78, 5) is 0.266. The number of nitrogens with two attached hydrogens (primary N) is 1. The monoisotopic (exact) mass is 311 g/mol. The molecule has 0 radical (unpaired) electrons. The first-order valence-electron chi connectivity index (χ1n) is 6.96. The summed E-state index contributed by atoms with van der Waals surface area (Å²) in [6, 6.07) is 4.99. The van der Waals surface area contributed by atoms with Crippen molar-refractivity contribution in [1.82, 2.24) is 4.31 Å². The third kappa shape index (κ3) is 3.19. The number of sulfonamides is 1. The Morgan fingerprint density at radius 3 is 2.67 bits per heavy atom. The van der Waals surface area contributed by atoms with Gasteiger partial charge in [0.25, 0.3) is 0 Å². The van der Waals surface area contributed by atoms with Crippen LogP contribution in [0.1, 0.15) is 31.4 Å². The predicted molar refractivity (Wildman–Crippen MR) is 80.9 cm³/mol. The molecule has 6 nitrogen and oxygen atoms in total. The van der Waals surface area contributed by atoms with Crippen LogP contribution < -0.4 is 5.73 Å². The van der Waals surface area contributed by atoms with Crippen LogP contribution in [0, 0.1) is 0 Å². The highest BCUT2D eigenvalue weighted by atomic mass is 32.2. The van der Waals surface area contributed by atoms with Crippen molar-refractivity contribution in [3.8, 4) is 0 Å². The minimum atomic E-state index is -3.67. The molecule has 1 aromatic rings. The van der Waals surface area contributed by atoms with Crippen LogP contribution in [0.2, 0.25) is 0 Å². The summed E-state index contributed by atoms with van der Waals surface area (Å²) in [5.74, 6) is -0.131. The van der Waals surface area contributed by atoms with Gasteiger partial charge < -0.3 is 10.9 Å². The lowest BCUT2D eigenvalue weighted by atomic mass is 10.1. The topological polar surface area (TPSA) is 96.0 Å². The number of hydrogen-bond acceptors (Lipinski definition) is 4. The van der Waals surface area contributed by atoms with Crippen molar-refractivity contribution in [1.29, 1.82) is 0 Å². The fraction of sp³-hybridized carbons (Fsp3) is 0.500. The van der Waals surface area contributed by atoms with Crippen LogP contribution in [0.25, 0.3) is 0 Å². The molecule has 0 saturated carbocycles. The Balaban J connectivity index is 2.38. The maximum absolute atomic E-state index is 12.8. The van der Waals surface area contributed by atoms with Crippen molar-refractivity contribution in [3.63, 3.8) is 0 Å². The fourth-order valence-electron chi connectivity index (χ4n) is 2.58. The smallest absolute Gasteiger partial charge is 0.243 e. The van der Waals surface area contributed by atoms with Gasteiger partial charge in [0.1, 0.15) is 0 Å². The van der Waals surface area contributed by atoms with Crippen molar-refractivity contribution in [2.45, 2.75) is 44.0 Å². The summed E-state index contributed by atoms with van der Waals surface area (Å²) in [6.07, 6.45) is 2.99. The molecule has 0 atom stereocenters. The van der Waals surface area contributed by atoms with Gasteiger partial charge in [0.05, 0.1) is 11.4 Å². The summed E-state index contributed by atoms with van der Waals surface area (Å²) in [6.45, 7) is 3.39. The Kier molecular flexibility index (Phi) is 4.53. The molecular weight excluding hydrogens is 290 g/mol. The Morgan fingerprint density at radius 2 is 2.05 bits per heavy atom. The van der Waals surface area contributed by atoms with Crippen molar-refractivity contribution in [3.05, 3.63) is 29.3 Å². The zero-order chi connectivity index (χ0) is 15.6. The van der Waals surface area contributed by atoms with E-state index in [2.05, 4.69) is 5.16 Å². The van der Waals surface area contributed by atoms with Crippen LogP contribution in [0.4, 0.5) is 0 Å². The molecule has 1 aliphatic rings. The standard InChI is InChI=1S/C14H21N3O3S/c1-10(2)17(9-14(15)16-18)21(19,20)13-7-6-11-4-3-5-12(11)8-13/h6-8,10,18H,3-5,9H2,1-2H3,(H2,15,16). The first-order valence-corrected chi connectivity index (χ1v) is 8.40. The zero-order valence-electron chi connectivity index (χ0n) is 12.3. The number of nitrogens with zero attached hydrogens (tertiary/aromatic N) is 2. The van der Waals surface area contributed by atoms with E-state index in [1.807, 2.05) is 6.07 Å². The minimum absolute atomic E-state index is 0.131. The van der Waals surface area contributed by atoms with E-state index < -0.39 is 10.0 Å². The average Bonchev–Trinajstić information content (AvgIpc) is 2.91. The molecule has 0 bridgehead atoms. The Hall–Kier alpha value is -1.60. The number of rotatable bonds is 5. The maximum atomic E-state index is 12.8. The summed E-state index contributed by atoms with van der Waals surface area (Å²) in [5.41, 5.74) is 7.79. The normalized spacial score (nSPS) is 15.7. The van der Waals surface area contributed by atoms with E-state index in [9.17, 15) is 8.42 Å². The van der Waals surface area contributed by atoms with Gasteiger partial charge in [0.2, 0.25) is 10.0 Å². The Labute approximate surface area is 125 Å². The van der Waals surface area contributed by atoms with E-state index in [-0.39, 0.29) is 23.3 Å². The van der Waals surface area contributed by atoms with Crippen LogP contribution in [-0.2, 0) is 22.9 Å². The number of aryl methyl sites for hydroxylation is 2. The highest BCUT2D eigenvalue weighted by Crippen LogP contribution is 2.26. The predicted octanol–water partition coefficient (Wildman–Crippen LogP) is 1.32. The molecular formula is C14H21N3O3S. The molecule has 0 aromatic heterocycles. The van der Waals surface area contributed by atoms with Gasteiger partial charge in [0.15, 0.2) is 5.84 Å². The van der Waals surface area contributed by atoms with E-state index in [1.165, 1.54) is 9.87 Å². The van der Waals surface area contributed by atoms with E-state index >= 15 is 0 Å². The highest BCUT2D eigenvalue weighted by Gasteiger charge is 2.29. The Morgan fingerprint density at radius 1 is 1.38 bits per heavy atom. The second-order valence-electron chi connectivity index (χ2n) is 5.52. The van der Waals surface area contributed by atoms with E-state index in [1.54, 1.807) is 26.0 Å². The lowest BCUT2D eigenvalue weighted by molar-refractivity contribution is 0.312. The number of fused-ring (bicyclic) bond motifs is 1. The first kappa shape index (κ1) is 15.8. The molecule has 0 fully saturated rings. The second-order valence-corrected chi connectivity index (χ2v) is 7.41. The van der Waals surface area contributed by atoms with Crippen LogP contribution in [0.3, 0.4) is 0 Å². The van der Waals surface area contributed by atoms with Gasteiger partial charge in [0, 0.05) is 6.04 Å². The van der Waals surface area contributed by atoms with Crippen LogP contribution in [0.15, 0.2) is 28.3 Å². The molecule has 2 rings (SSSR count). The molecule has 0 spiro atoms. The van der Waals surface area contributed by atoms with Gasteiger partial charge >= 0.3 is 0 Å². The summed E-state index contributed by atoms with van der Waals surface area (Å²) >= 11 is 0. The van der Waals surface area contributed by atoms with Crippen molar-refractivity contribution in [2.24, 2.45) is 10.9 Å². The Bertz CT molecular complexity index is 653.